The number of ether oxygens (including phenoxy) is 1. The second-order valence-corrected chi connectivity index (χ2v) is 4.70. The molecule has 1 aromatic rings. The summed E-state index contributed by atoms with van der Waals surface area (Å²) in [6.45, 7) is 3.70. The van der Waals surface area contributed by atoms with Crippen LogP contribution in [-0.2, 0) is 20.9 Å². The smallest absolute Gasteiger partial charge is 0.397 e. The molecule has 1 N–H and O–H groups in total. The van der Waals surface area contributed by atoms with Crippen molar-refractivity contribution in [3.63, 3.8) is 0 Å². The Balaban J connectivity index is 2.48. The Morgan fingerprint density at radius 3 is 2.26 bits per heavy atom. The Bertz CT molecular complexity index is 439. The van der Waals surface area contributed by atoms with Crippen LogP contribution >= 0.6 is 0 Å². The predicted molar refractivity (Wildman–Crippen MR) is 73.8 cm³/mol. The molecule has 0 fully saturated rings. The minimum atomic E-state index is -0.847. The van der Waals surface area contributed by atoms with E-state index in [9.17, 15) is 9.59 Å². The molecule has 19 heavy (non-hydrogen) atoms. The highest BCUT2D eigenvalue weighted by atomic mass is 16.5. The normalized spacial score (nSPS) is 10.2. The third-order valence-corrected chi connectivity index (χ3v) is 2.43. The van der Waals surface area contributed by atoms with E-state index in [0.717, 1.165) is 11.3 Å². The first-order chi connectivity index (χ1) is 8.90. The summed E-state index contributed by atoms with van der Waals surface area (Å²) in [5.74, 6) is -1.56. The zero-order valence-electron chi connectivity index (χ0n) is 11.8. The molecule has 1 aromatic carbocycles. The van der Waals surface area contributed by atoms with Crippen LogP contribution in [0.1, 0.15) is 19.4 Å². The molecule has 1 rings (SSSR count). The molecule has 0 bridgehead atoms. The van der Waals surface area contributed by atoms with E-state index in [4.69, 9.17) is 4.74 Å². The van der Waals surface area contributed by atoms with Crippen molar-refractivity contribution in [3.05, 3.63) is 29.8 Å². The SMILES string of the molecule is CC(C)OC(=O)C(=O)NCc1ccc(N(C)C)cc1. The van der Waals surface area contributed by atoms with E-state index in [-0.39, 0.29) is 6.10 Å². The number of nitrogens with one attached hydrogen (secondary N) is 1. The van der Waals surface area contributed by atoms with Gasteiger partial charge in [0.15, 0.2) is 0 Å². The van der Waals surface area contributed by atoms with Gasteiger partial charge in [0.1, 0.15) is 0 Å². The maximum absolute atomic E-state index is 11.4. The summed E-state index contributed by atoms with van der Waals surface area (Å²) >= 11 is 0. The molecule has 0 aliphatic heterocycles. The Kier molecular flexibility index (Phi) is 5.36. The zero-order valence-corrected chi connectivity index (χ0v) is 11.8. The highest BCUT2D eigenvalue weighted by Crippen LogP contribution is 2.11. The monoisotopic (exact) mass is 264 g/mol. The van der Waals surface area contributed by atoms with Gasteiger partial charge in [-0.25, -0.2) is 4.79 Å². The molecule has 5 nitrogen and oxygen atoms in total. The van der Waals surface area contributed by atoms with Crippen molar-refractivity contribution in [2.24, 2.45) is 0 Å². The molecule has 0 saturated heterocycles. The molecule has 104 valence electrons. The molecular formula is C14H20N2O3. The lowest BCUT2D eigenvalue weighted by molar-refractivity contribution is -0.157. The molecule has 0 aromatic heterocycles. The molecule has 0 atom stereocenters. The summed E-state index contributed by atoms with van der Waals surface area (Å²) in [7, 11) is 3.91. The number of benzene rings is 1. The summed E-state index contributed by atoms with van der Waals surface area (Å²) in [6.07, 6.45) is -0.294. The molecule has 5 heteroatoms. The van der Waals surface area contributed by atoms with Crippen molar-refractivity contribution in [1.29, 1.82) is 0 Å². The molecule has 0 radical (unpaired) electrons. The van der Waals surface area contributed by atoms with Gasteiger partial charge in [-0.3, -0.25) is 4.79 Å². The van der Waals surface area contributed by atoms with Crippen LogP contribution in [0.4, 0.5) is 5.69 Å². The van der Waals surface area contributed by atoms with Gasteiger partial charge in [0.25, 0.3) is 0 Å². The van der Waals surface area contributed by atoms with Gasteiger partial charge in [-0.2, -0.15) is 0 Å². The molecule has 0 saturated carbocycles. The minimum absolute atomic E-state index is 0.294. The number of carbonyl (C=O) groups is 2. The van der Waals surface area contributed by atoms with E-state index in [1.54, 1.807) is 13.8 Å². The molecule has 0 aliphatic rings. The second kappa shape index (κ2) is 6.78. The summed E-state index contributed by atoms with van der Waals surface area (Å²) in [5.41, 5.74) is 2.01. The number of anilines is 1. The van der Waals surface area contributed by atoms with E-state index in [0.29, 0.717) is 6.54 Å². The number of hydrogen-bond acceptors (Lipinski definition) is 4. The number of hydrogen-bond donors (Lipinski definition) is 1. The van der Waals surface area contributed by atoms with Crippen molar-refractivity contribution in [1.82, 2.24) is 5.32 Å². The molecule has 1 amide bonds. The fourth-order valence-electron chi connectivity index (χ4n) is 1.43. The predicted octanol–water partition coefficient (Wildman–Crippen LogP) is 1.32. The highest BCUT2D eigenvalue weighted by molar-refractivity contribution is 6.32. The van der Waals surface area contributed by atoms with Crippen LogP contribution in [0.5, 0.6) is 0 Å². The van der Waals surface area contributed by atoms with Crippen LogP contribution in [0.25, 0.3) is 0 Å². The number of rotatable bonds is 4. The fraction of sp³-hybridized carbons (Fsp3) is 0.429. The maximum atomic E-state index is 11.4. The standard InChI is InChI=1S/C14H20N2O3/c1-10(2)19-14(18)13(17)15-9-11-5-7-12(8-6-11)16(3)4/h5-8,10H,9H2,1-4H3,(H,15,17). The van der Waals surface area contributed by atoms with Crippen molar-refractivity contribution in [3.8, 4) is 0 Å². The molecule has 0 heterocycles. The average molecular weight is 264 g/mol. The zero-order chi connectivity index (χ0) is 14.4. The molecular weight excluding hydrogens is 244 g/mol. The summed E-state index contributed by atoms with van der Waals surface area (Å²) in [5, 5.41) is 2.53. The van der Waals surface area contributed by atoms with Crippen LogP contribution in [0.3, 0.4) is 0 Å². The topological polar surface area (TPSA) is 58.6 Å². The Hall–Kier alpha value is -2.04. The number of esters is 1. The van der Waals surface area contributed by atoms with Gasteiger partial charge in [0.2, 0.25) is 0 Å². The van der Waals surface area contributed by atoms with Crippen LogP contribution in [0, 0.1) is 0 Å². The van der Waals surface area contributed by atoms with E-state index in [1.165, 1.54) is 0 Å². The lowest BCUT2D eigenvalue weighted by Gasteiger charge is -2.13. The van der Waals surface area contributed by atoms with Crippen molar-refractivity contribution < 1.29 is 14.3 Å². The second-order valence-electron chi connectivity index (χ2n) is 4.70. The lowest BCUT2D eigenvalue weighted by Crippen LogP contribution is -2.33. The number of nitrogens with zero attached hydrogens (tertiary/aromatic N) is 1. The Morgan fingerprint density at radius 2 is 1.79 bits per heavy atom. The number of amides is 1. The van der Waals surface area contributed by atoms with Gasteiger partial charge in [-0.15, -0.1) is 0 Å². The van der Waals surface area contributed by atoms with Crippen LogP contribution in [-0.4, -0.2) is 32.1 Å². The Morgan fingerprint density at radius 1 is 1.21 bits per heavy atom. The van der Waals surface area contributed by atoms with E-state index < -0.39 is 11.9 Å². The van der Waals surface area contributed by atoms with E-state index in [1.807, 2.05) is 43.3 Å². The first kappa shape index (κ1) is 15.0. The van der Waals surface area contributed by atoms with Gasteiger partial charge in [0.05, 0.1) is 6.10 Å². The van der Waals surface area contributed by atoms with Gasteiger partial charge in [-0.05, 0) is 31.5 Å². The summed E-state index contributed by atoms with van der Waals surface area (Å²) in [4.78, 5) is 24.7. The van der Waals surface area contributed by atoms with E-state index in [2.05, 4.69) is 5.32 Å². The van der Waals surface area contributed by atoms with Crippen LogP contribution in [0.2, 0.25) is 0 Å². The first-order valence-electron chi connectivity index (χ1n) is 6.15. The van der Waals surface area contributed by atoms with Crippen molar-refractivity contribution >= 4 is 17.6 Å². The van der Waals surface area contributed by atoms with Gasteiger partial charge in [-0.1, -0.05) is 12.1 Å². The van der Waals surface area contributed by atoms with Crippen molar-refractivity contribution in [2.45, 2.75) is 26.5 Å². The third kappa shape index (κ3) is 4.99. The van der Waals surface area contributed by atoms with E-state index >= 15 is 0 Å². The highest BCUT2D eigenvalue weighted by Gasteiger charge is 2.15. The number of carbonyl (C=O) groups excluding carboxylic acids is 2. The Labute approximate surface area is 113 Å². The molecule has 0 spiro atoms. The third-order valence-electron chi connectivity index (χ3n) is 2.43. The van der Waals surface area contributed by atoms with Crippen molar-refractivity contribution in [2.75, 3.05) is 19.0 Å². The summed E-state index contributed by atoms with van der Waals surface area (Å²) < 4.78 is 4.79. The molecule has 0 unspecified atom stereocenters. The molecule has 0 aliphatic carbocycles. The van der Waals surface area contributed by atoms with Gasteiger partial charge >= 0.3 is 11.9 Å². The minimum Gasteiger partial charge on any atom is -0.456 e. The van der Waals surface area contributed by atoms with Crippen LogP contribution < -0.4 is 10.2 Å². The quantitative estimate of drug-likeness (QED) is 0.658. The average Bonchev–Trinajstić information content (AvgIpc) is 2.35. The fourth-order valence-corrected chi connectivity index (χ4v) is 1.43. The van der Waals surface area contributed by atoms with Gasteiger partial charge < -0.3 is 15.0 Å². The lowest BCUT2D eigenvalue weighted by atomic mass is 10.2. The largest absolute Gasteiger partial charge is 0.456 e. The first-order valence-corrected chi connectivity index (χ1v) is 6.15. The van der Waals surface area contributed by atoms with Crippen LogP contribution in [0.15, 0.2) is 24.3 Å². The van der Waals surface area contributed by atoms with Gasteiger partial charge in [0, 0.05) is 26.3 Å². The maximum Gasteiger partial charge on any atom is 0.397 e. The summed E-state index contributed by atoms with van der Waals surface area (Å²) in [6, 6.07) is 7.72.